The molecule has 2 rings (SSSR count). The van der Waals surface area contributed by atoms with E-state index in [1.165, 1.54) is 0 Å². The third-order valence-corrected chi connectivity index (χ3v) is 1.29. The molecular weight excluding hydrogens is 178 g/mol. The van der Waals surface area contributed by atoms with Crippen LogP contribution in [0, 0.1) is 0 Å². The second-order valence-corrected chi connectivity index (χ2v) is 2.09. The molecule has 12 heavy (non-hydrogen) atoms. The van der Waals surface area contributed by atoms with E-state index in [-0.39, 0.29) is 51.4 Å². The predicted molar refractivity (Wildman–Crippen MR) is 41.0 cm³/mol. The van der Waals surface area contributed by atoms with E-state index in [1.54, 1.807) is 29.1 Å². The molecule has 0 amide bonds. The predicted octanol–water partition coefficient (Wildman–Crippen LogP) is -2.99. The third-order valence-electron chi connectivity index (χ3n) is 1.29. The van der Waals surface area contributed by atoms with Crippen molar-refractivity contribution < 1.29 is 51.4 Å². The summed E-state index contributed by atoms with van der Waals surface area (Å²) in [5, 5.41) is 7.98. The zero-order valence-electron chi connectivity index (χ0n) is 6.83. The summed E-state index contributed by atoms with van der Waals surface area (Å²) in [5.41, 5.74) is 0. The Morgan fingerprint density at radius 3 is 1.75 bits per heavy atom. The van der Waals surface area contributed by atoms with Crippen LogP contribution in [0.25, 0.3) is 0 Å². The van der Waals surface area contributed by atoms with Gasteiger partial charge in [0.25, 0.3) is 0 Å². The van der Waals surface area contributed by atoms with Gasteiger partial charge in [-0.05, 0) is 32.1 Å². The van der Waals surface area contributed by atoms with Crippen LogP contribution in [0.4, 0.5) is 0 Å². The van der Waals surface area contributed by atoms with Crippen LogP contribution in [0.5, 0.6) is 0 Å². The number of hydrogen-bond acceptors (Lipinski definition) is 2. The Hall–Kier alpha value is 0.121. The fourth-order valence-electron chi connectivity index (χ4n) is 0.819. The molecule has 0 fully saturated rings. The summed E-state index contributed by atoms with van der Waals surface area (Å²) in [5.74, 6) is 0. The van der Waals surface area contributed by atoms with Crippen LogP contribution in [0.2, 0.25) is 0 Å². The molecule has 2 aromatic rings. The van der Waals surface area contributed by atoms with Crippen LogP contribution < -0.4 is 51.4 Å². The quantitative estimate of drug-likeness (QED) is 0.467. The number of aromatic nitrogens is 4. The van der Waals surface area contributed by atoms with Crippen molar-refractivity contribution in [2.45, 2.75) is 0 Å². The van der Waals surface area contributed by atoms with Gasteiger partial charge in [-0.15, -0.1) is 0 Å². The Bertz CT molecular complexity index is 272. The monoisotopic (exact) mass is 184 g/mol. The first kappa shape index (κ1) is 10.2. The van der Waals surface area contributed by atoms with Crippen molar-refractivity contribution in [1.82, 2.24) is 19.4 Å². The molecule has 2 aromatic heterocycles. The minimum absolute atomic E-state index is 0. The van der Waals surface area contributed by atoms with Gasteiger partial charge in [0.15, 0.2) is 0 Å². The largest absolute Gasteiger partial charge is 1.00 e. The summed E-state index contributed by atoms with van der Waals surface area (Å²) in [4.78, 5) is 0. The van der Waals surface area contributed by atoms with Crippen molar-refractivity contribution >= 4 is 7.55 Å². The van der Waals surface area contributed by atoms with Gasteiger partial charge in [0.1, 0.15) is 0 Å². The maximum atomic E-state index is 3.99. The summed E-state index contributed by atoms with van der Waals surface area (Å²) in [6, 6.07) is 3.72. The van der Waals surface area contributed by atoms with Crippen molar-refractivity contribution in [2.75, 3.05) is 0 Å². The van der Waals surface area contributed by atoms with Crippen molar-refractivity contribution in [1.29, 1.82) is 0 Å². The maximum absolute atomic E-state index is 3.99. The Morgan fingerprint density at radius 2 is 1.42 bits per heavy atom. The Labute approximate surface area is 114 Å². The summed E-state index contributed by atoms with van der Waals surface area (Å²) < 4.78 is 3.38. The van der Waals surface area contributed by atoms with E-state index in [4.69, 9.17) is 0 Å². The topological polar surface area (TPSA) is 35.6 Å². The van der Waals surface area contributed by atoms with Gasteiger partial charge in [-0.1, -0.05) is 0 Å². The van der Waals surface area contributed by atoms with Crippen molar-refractivity contribution in [3.8, 4) is 0 Å². The standard InChI is InChI=1S/C6H6BN4.K/c1-3-8-10(5-1)7-11-6-2-4-9-11;/h1-6H;/q-1;+1. The van der Waals surface area contributed by atoms with E-state index in [0.717, 1.165) is 0 Å². The molecule has 0 saturated carbocycles. The Kier molecular flexibility index (Phi) is 4.24. The molecule has 0 aromatic carbocycles. The summed E-state index contributed by atoms with van der Waals surface area (Å²) >= 11 is 0. The first-order valence-electron chi connectivity index (χ1n) is 3.28. The fraction of sp³-hybridized carbons (Fsp3) is 0. The molecule has 0 atom stereocenters. The molecule has 0 N–H and O–H groups in total. The van der Waals surface area contributed by atoms with Gasteiger partial charge < -0.3 is 9.19 Å². The molecular formula is C6H6BKN4. The van der Waals surface area contributed by atoms with Crippen LogP contribution in [0.3, 0.4) is 0 Å². The van der Waals surface area contributed by atoms with Crippen LogP contribution >= 0.6 is 0 Å². The first-order valence-corrected chi connectivity index (χ1v) is 3.28. The fourth-order valence-corrected chi connectivity index (χ4v) is 0.819. The molecule has 0 bridgehead atoms. The van der Waals surface area contributed by atoms with Gasteiger partial charge >= 0.3 is 51.4 Å². The maximum Gasteiger partial charge on any atom is 1.00 e. The zero-order chi connectivity index (χ0) is 7.52. The molecule has 2 radical (unpaired) electrons. The minimum Gasteiger partial charge on any atom is -0.489 e. The first-order chi connectivity index (χ1) is 5.45. The van der Waals surface area contributed by atoms with E-state index in [2.05, 4.69) is 10.2 Å². The van der Waals surface area contributed by atoms with E-state index in [1.807, 2.05) is 24.5 Å². The van der Waals surface area contributed by atoms with Gasteiger partial charge in [0.05, 0.1) is 0 Å². The normalized spacial score (nSPS) is 9.33. The van der Waals surface area contributed by atoms with Crippen LogP contribution in [0.15, 0.2) is 36.9 Å². The molecule has 0 saturated heterocycles. The molecule has 0 aliphatic rings. The average molecular weight is 184 g/mol. The van der Waals surface area contributed by atoms with E-state index in [9.17, 15) is 0 Å². The Morgan fingerprint density at radius 1 is 0.917 bits per heavy atom. The van der Waals surface area contributed by atoms with E-state index in [0.29, 0.717) is 0 Å². The second-order valence-electron chi connectivity index (χ2n) is 2.09. The molecule has 0 aliphatic carbocycles. The SMILES string of the molecule is [B-](n1cccn1)n1cccn1.[K+]. The molecule has 4 nitrogen and oxygen atoms in total. The number of rotatable bonds is 2. The van der Waals surface area contributed by atoms with Gasteiger partial charge in [0.2, 0.25) is 0 Å². The smallest absolute Gasteiger partial charge is 0.489 e. The Balaban J connectivity index is 0.000000720. The molecule has 54 valence electrons. The molecule has 6 heteroatoms. The van der Waals surface area contributed by atoms with Gasteiger partial charge in [-0.3, -0.25) is 0 Å². The van der Waals surface area contributed by atoms with E-state index >= 15 is 0 Å². The molecule has 0 unspecified atom stereocenters. The number of nitrogens with zero attached hydrogens (tertiary/aromatic N) is 4. The molecule has 0 spiro atoms. The van der Waals surface area contributed by atoms with Crippen molar-refractivity contribution in [2.24, 2.45) is 0 Å². The average Bonchev–Trinajstić information content (AvgIpc) is 2.60. The summed E-state index contributed by atoms with van der Waals surface area (Å²) in [6.07, 6.45) is 7.14. The molecule has 0 aliphatic heterocycles. The van der Waals surface area contributed by atoms with Crippen LogP contribution in [0.1, 0.15) is 0 Å². The van der Waals surface area contributed by atoms with Gasteiger partial charge in [-0.25, -0.2) is 10.2 Å². The van der Waals surface area contributed by atoms with Crippen LogP contribution in [-0.2, 0) is 0 Å². The van der Waals surface area contributed by atoms with Gasteiger partial charge in [-0.2, -0.15) is 0 Å². The summed E-state index contributed by atoms with van der Waals surface area (Å²) in [7, 11) is 1.78. The van der Waals surface area contributed by atoms with Crippen molar-refractivity contribution in [3.63, 3.8) is 0 Å². The van der Waals surface area contributed by atoms with Crippen LogP contribution in [-0.4, -0.2) is 26.9 Å². The summed E-state index contributed by atoms with van der Waals surface area (Å²) in [6.45, 7) is 0. The zero-order valence-corrected chi connectivity index (χ0v) is 9.95. The van der Waals surface area contributed by atoms with Gasteiger partial charge in [0, 0.05) is 12.4 Å². The minimum atomic E-state index is 0. The van der Waals surface area contributed by atoms with Crippen molar-refractivity contribution in [3.05, 3.63) is 36.9 Å². The second kappa shape index (κ2) is 4.98. The third kappa shape index (κ3) is 2.56. The van der Waals surface area contributed by atoms with E-state index < -0.39 is 0 Å². The molecule has 2 heterocycles. The number of hydrogen-bond donors (Lipinski definition) is 0.